The molecule has 34 valence electrons. The molecule has 0 N–H and O–H groups in total. The Morgan fingerprint density at radius 2 is 1.80 bits per heavy atom. The van der Waals surface area contributed by atoms with Gasteiger partial charge in [0, 0.05) is 0 Å². The molecule has 0 spiro atoms. The molecule has 0 amide bonds. The molecule has 0 rings (SSSR count). The van der Waals surface area contributed by atoms with E-state index in [4.69, 9.17) is 9.26 Å². The van der Waals surface area contributed by atoms with E-state index in [-0.39, 0.29) is 17.1 Å². The van der Waals surface area contributed by atoms with Crippen LogP contribution in [0.1, 0.15) is 0 Å². The standard InChI is InChI=1S/Cu.FO2Si/c;1-4(2)3/q+1;-1. The van der Waals surface area contributed by atoms with Gasteiger partial charge in [0.25, 0.3) is 0 Å². The average Bonchev–Trinajstić information content (AvgIpc) is 0.811. The molecule has 0 aromatic heterocycles. The van der Waals surface area contributed by atoms with Crippen molar-refractivity contribution in [2.75, 3.05) is 0 Å². The third-order valence-electron chi connectivity index (χ3n) is 0. The predicted molar refractivity (Wildman–Crippen MR) is 7.55 cm³/mol. The first-order chi connectivity index (χ1) is 1.73. The summed E-state index contributed by atoms with van der Waals surface area (Å²) in [5.74, 6) is 0. The van der Waals surface area contributed by atoms with Gasteiger partial charge in [-0.05, 0) is 0 Å². The molecule has 0 saturated heterocycles. The minimum atomic E-state index is -3.88. The summed E-state index contributed by atoms with van der Waals surface area (Å²) in [6, 6.07) is 0. The van der Waals surface area contributed by atoms with Gasteiger partial charge in [0.1, 0.15) is 0 Å². The van der Waals surface area contributed by atoms with E-state index in [0.29, 0.717) is 0 Å². The first-order valence-electron chi connectivity index (χ1n) is 0.597. The average molecular weight is 143 g/mol. The second-order valence-electron chi connectivity index (χ2n) is 0.238. The van der Waals surface area contributed by atoms with Gasteiger partial charge >= 0.3 is 26.3 Å². The summed E-state index contributed by atoms with van der Waals surface area (Å²) in [4.78, 5) is 8.41. The van der Waals surface area contributed by atoms with E-state index in [2.05, 4.69) is 0 Å². The monoisotopic (exact) mass is 142 g/mol. The second kappa shape index (κ2) is 4.27. The maximum absolute atomic E-state index is 9.99. The molecule has 0 aliphatic heterocycles. The fraction of sp³-hybridized carbons (Fsp3) is 0. The molecule has 0 aliphatic rings. The number of hydrogen-bond donors (Lipinski definition) is 0. The van der Waals surface area contributed by atoms with Crippen LogP contribution in [0.2, 0.25) is 0 Å². The van der Waals surface area contributed by atoms with Crippen LogP contribution in [-0.2, 0) is 21.5 Å². The maximum atomic E-state index is 9.99. The minimum absolute atomic E-state index is 0. The molecule has 0 radical (unpaired) electrons. The molecule has 0 fully saturated rings. The zero-order valence-corrected chi connectivity index (χ0v) is 3.94. The molecule has 0 aliphatic carbocycles. The van der Waals surface area contributed by atoms with Gasteiger partial charge in [-0.1, -0.05) is 0 Å². The Morgan fingerprint density at radius 3 is 1.80 bits per heavy atom. The topological polar surface area (TPSA) is 40.1 Å². The van der Waals surface area contributed by atoms with Crippen molar-refractivity contribution in [1.29, 1.82) is 0 Å². The summed E-state index contributed by atoms with van der Waals surface area (Å²) < 4.78 is 18.4. The molecule has 0 saturated carbocycles. The summed E-state index contributed by atoms with van der Waals surface area (Å²) >= 11 is 0. The molecule has 0 unspecified atom stereocenters. The van der Waals surface area contributed by atoms with Crippen LogP contribution in [0.4, 0.5) is 4.11 Å². The van der Waals surface area contributed by atoms with Crippen molar-refractivity contribution in [3.63, 3.8) is 0 Å². The van der Waals surface area contributed by atoms with E-state index in [0.717, 1.165) is 0 Å². The van der Waals surface area contributed by atoms with Gasteiger partial charge in [-0.3, -0.25) is 4.11 Å². The van der Waals surface area contributed by atoms with Gasteiger partial charge in [0.15, 0.2) is 0 Å². The van der Waals surface area contributed by atoms with E-state index in [9.17, 15) is 4.11 Å². The van der Waals surface area contributed by atoms with Crippen LogP contribution < -0.4 is 4.80 Å². The summed E-state index contributed by atoms with van der Waals surface area (Å²) in [6.45, 7) is 0. The van der Waals surface area contributed by atoms with E-state index in [1.54, 1.807) is 0 Å². The number of halogens is 1. The van der Waals surface area contributed by atoms with Crippen molar-refractivity contribution < 1.29 is 30.4 Å². The van der Waals surface area contributed by atoms with E-state index in [1.165, 1.54) is 0 Å². The van der Waals surface area contributed by atoms with E-state index >= 15 is 0 Å². The van der Waals surface area contributed by atoms with Crippen LogP contribution in [0.25, 0.3) is 0 Å². The molecule has 5 heavy (non-hydrogen) atoms. The summed E-state index contributed by atoms with van der Waals surface area (Å²) in [5.41, 5.74) is 0. The Hall–Kier alpha value is 0.266. The maximum Gasteiger partial charge on any atom is 1.00 e. The van der Waals surface area contributed by atoms with Crippen LogP contribution in [0.5, 0.6) is 0 Å². The molecule has 0 atom stereocenters. The Kier molecular flexibility index (Phi) is 7.67. The Balaban J connectivity index is 0. The minimum Gasteiger partial charge on any atom is -0.560 e. The van der Waals surface area contributed by atoms with Crippen molar-refractivity contribution >= 4 is 9.26 Å². The summed E-state index contributed by atoms with van der Waals surface area (Å²) in [7, 11) is -3.88. The van der Waals surface area contributed by atoms with Crippen molar-refractivity contribution in [1.82, 2.24) is 0 Å². The van der Waals surface area contributed by atoms with Crippen LogP contribution in [-0.4, -0.2) is 9.26 Å². The molecule has 5 heteroatoms. The molecule has 2 nitrogen and oxygen atoms in total. The van der Waals surface area contributed by atoms with Crippen LogP contribution in [0.15, 0.2) is 0 Å². The molecule has 0 aromatic rings. The van der Waals surface area contributed by atoms with E-state index < -0.39 is 9.26 Å². The van der Waals surface area contributed by atoms with Crippen LogP contribution in [0, 0.1) is 0 Å². The van der Waals surface area contributed by atoms with Gasteiger partial charge < -0.3 is 9.26 Å². The molecule has 0 heterocycles. The Labute approximate surface area is 40.4 Å². The normalized spacial score (nSPS) is 5.00. The number of rotatable bonds is 0. The summed E-state index contributed by atoms with van der Waals surface area (Å²) in [6.07, 6.45) is 0. The predicted octanol–water partition coefficient (Wildman–Crippen LogP) is -1.27. The van der Waals surface area contributed by atoms with Gasteiger partial charge in [-0.25, -0.2) is 0 Å². The Morgan fingerprint density at radius 1 is 1.80 bits per heavy atom. The molecule has 0 bridgehead atoms. The van der Waals surface area contributed by atoms with Crippen molar-refractivity contribution in [2.24, 2.45) is 0 Å². The zero-order valence-electron chi connectivity index (χ0n) is 2.00. The fourth-order valence-electron chi connectivity index (χ4n) is 0. The van der Waals surface area contributed by atoms with E-state index in [1.807, 2.05) is 0 Å². The summed E-state index contributed by atoms with van der Waals surface area (Å²) in [5, 5.41) is 0. The Bertz CT molecular complexity index is 32.6. The van der Waals surface area contributed by atoms with Crippen LogP contribution in [0.3, 0.4) is 0 Å². The third-order valence-corrected chi connectivity index (χ3v) is 0. The van der Waals surface area contributed by atoms with Crippen molar-refractivity contribution in [3.8, 4) is 0 Å². The molecular formula is CuFO2Si. The zero-order chi connectivity index (χ0) is 3.58. The van der Waals surface area contributed by atoms with Gasteiger partial charge in [-0.2, -0.15) is 0 Å². The largest absolute Gasteiger partial charge is 1.00 e. The first kappa shape index (κ1) is 8.98. The molecular weight excluding hydrogens is 143 g/mol. The SMILES string of the molecule is O=[Si]([O-])F.[Cu+]. The first-order valence-corrected chi connectivity index (χ1v) is 1.79. The van der Waals surface area contributed by atoms with Gasteiger partial charge in [0.2, 0.25) is 0 Å². The van der Waals surface area contributed by atoms with Crippen molar-refractivity contribution in [3.05, 3.63) is 0 Å². The third kappa shape index (κ3) is 309. The smallest absolute Gasteiger partial charge is 0.560 e. The van der Waals surface area contributed by atoms with Crippen molar-refractivity contribution in [2.45, 2.75) is 0 Å². The fourth-order valence-corrected chi connectivity index (χ4v) is 0. The van der Waals surface area contributed by atoms with Gasteiger partial charge in [0.05, 0.1) is 0 Å². The quantitative estimate of drug-likeness (QED) is 0.313. The van der Waals surface area contributed by atoms with Crippen LogP contribution >= 0.6 is 0 Å². The second-order valence-corrected chi connectivity index (χ2v) is 0.713. The van der Waals surface area contributed by atoms with Gasteiger partial charge in [-0.15, -0.1) is 0 Å². The number of hydrogen-bond acceptors (Lipinski definition) is 2. The molecule has 0 aromatic carbocycles.